The predicted molar refractivity (Wildman–Crippen MR) is 85.8 cm³/mol. The summed E-state index contributed by atoms with van der Waals surface area (Å²) in [5, 5.41) is 22.2. The van der Waals surface area contributed by atoms with Crippen LogP contribution in [-0.4, -0.2) is 48.5 Å². The van der Waals surface area contributed by atoms with Gasteiger partial charge in [0.1, 0.15) is 0 Å². The normalized spacial score (nSPS) is 25.1. The van der Waals surface area contributed by atoms with Crippen molar-refractivity contribution in [2.24, 2.45) is 5.92 Å². The maximum atomic E-state index is 9.80. The number of hydrogen-bond acceptors (Lipinski definition) is 7. The molecule has 2 aromatic heterocycles. The molecule has 0 bridgehead atoms. The maximum absolute atomic E-state index is 9.80. The molecule has 2 aliphatic rings. The highest BCUT2D eigenvalue weighted by atomic mass is 16.3. The van der Waals surface area contributed by atoms with Crippen molar-refractivity contribution in [3.05, 3.63) is 18.5 Å². The van der Waals surface area contributed by atoms with Gasteiger partial charge in [-0.25, -0.2) is 4.98 Å². The van der Waals surface area contributed by atoms with Crippen LogP contribution in [0.4, 0.5) is 11.8 Å². The lowest BCUT2D eigenvalue weighted by Gasteiger charge is -2.17. The zero-order chi connectivity index (χ0) is 16.0. The van der Waals surface area contributed by atoms with Gasteiger partial charge in [-0.15, -0.1) is 0 Å². The Bertz CT molecular complexity index is 754. The third kappa shape index (κ3) is 2.64. The Balaban J connectivity index is 1.66. The molecule has 0 aliphatic heterocycles. The Kier molecular flexibility index (Phi) is 3.42. The van der Waals surface area contributed by atoms with Crippen molar-refractivity contribution in [2.75, 3.05) is 17.7 Å². The molecule has 4 rings (SSSR count). The van der Waals surface area contributed by atoms with E-state index in [1.807, 2.05) is 16.7 Å². The minimum absolute atomic E-state index is 0.0364. The first-order valence-corrected chi connectivity index (χ1v) is 7.89. The molecule has 23 heavy (non-hydrogen) atoms. The van der Waals surface area contributed by atoms with Crippen LogP contribution in [0.2, 0.25) is 0 Å². The number of nitrogens with two attached hydrogens (primary N) is 1. The minimum Gasteiger partial charge on any atom is -0.394 e. The van der Waals surface area contributed by atoms with E-state index in [0.717, 1.165) is 12.8 Å². The van der Waals surface area contributed by atoms with Crippen molar-refractivity contribution in [1.29, 1.82) is 0 Å². The van der Waals surface area contributed by atoms with Gasteiger partial charge in [0.05, 0.1) is 25.1 Å². The maximum Gasteiger partial charge on any atom is 0.224 e. The van der Waals surface area contributed by atoms with E-state index in [9.17, 15) is 5.11 Å². The van der Waals surface area contributed by atoms with Gasteiger partial charge < -0.3 is 25.8 Å². The van der Waals surface area contributed by atoms with Crippen molar-refractivity contribution in [1.82, 2.24) is 19.5 Å². The molecule has 3 atom stereocenters. The fourth-order valence-corrected chi connectivity index (χ4v) is 3.03. The van der Waals surface area contributed by atoms with Crippen LogP contribution in [0.1, 0.15) is 25.3 Å². The summed E-state index contributed by atoms with van der Waals surface area (Å²) in [5.74, 6) is 0.838. The molecule has 8 nitrogen and oxygen atoms in total. The Labute approximate surface area is 133 Å². The number of anilines is 2. The molecule has 8 heteroatoms. The first-order chi connectivity index (χ1) is 11.2. The summed E-state index contributed by atoms with van der Waals surface area (Å²) in [6.07, 6.45) is 7.92. The standard InChI is InChI=1S/C15H20N6O2/c16-15-19-13(18-9-2-3-9)12-14(20-15)21(7-17-12)10-4-1-8(5-10)11(23)6-22/h1,4,7-11,22-23H,2-3,5-6H2,(H3,16,18,19,20)/t8-,10+,11+/m0/s1. The number of imidazole rings is 1. The number of aliphatic hydroxyl groups excluding tert-OH is 2. The van der Waals surface area contributed by atoms with Crippen molar-refractivity contribution in [2.45, 2.75) is 37.5 Å². The van der Waals surface area contributed by atoms with Crippen LogP contribution in [0.15, 0.2) is 18.5 Å². The summed E-state index contributed by atoms with van der Waals surface area (Å²) in [6, 6.07) is 0.488. The van der Waals surface area contributed by atoms with Gasteiger partial charge in [0.2, 0.25) is 5.95 Å². The lowest BCUT2D eigenvalue weighted by atomic mass is 10.0. The molecule has 1 saturated carbocycles. The molecule has 1 fully saturated rings. The van der Waals surface area contributed by atoms with Crippen molar-refractivity contribution in [3.63, 3.8) is 0 Å². The summed E-state index contributed by atoms with van der Waals surface area (Å²) < 4.78 is 1.95. The SMILES string of the molecule is Nc1nc(NC2CC2)c2ncn([C@@H]3C=C[C@H]([C@H](O)CO)C3)c2n1. The molecular formula is C15H20N6O2. The summed E-state index contributed by atoms with van der Waals surface area (Å²) in [5.41, 5.74) is 7.25. The second kappa shape index (κ2) is 5.47. The molecule has 122 valence electrons. The molecule has 0 saturated heterocycles. The third-order valence-electron chi connectivity index (χ3n) is 4.49. The van der Waals surface area contributed by atoms with Crippen LogP contribution in [0.5, 0.6) is 0 Å². The van der Waals surface area contributed by atoms with Gasteiger partial charge in [0.25, 0.3) is 0 Å². The van der Waals surface area contributed by atoms with Gasteiger partial charge in [0.15, 0.2) is 17.0 Å². The van der Waals surface area contributed by atoms with E-state index < -0.39 is 6.10 Å². The largest absolute Gasteiger partial charge is 0.394 e. The van der Waals surface area contributed by atoms with Crippen molar-refractivity contribution in [3.8, 4) is 0 Å². The molecule has 0 unspecified atom stereocenters. The van der Waals surface area contributed by atoms with Gasteiger partial charge in [-0.05, 0) is 19.3 Å². The first kappa shape index (κ1) is 14.4. The van der Waals surface area contributed by atoms with Gasteiger partial charge in [0, 0.05) is 12.0 Å². The average Bonchev–Trinajstić information content (AvgIpc) is 3.06. The van der Waals surface area contributed by atoms with Crippen LogP contribution >= 0.6 is 0 Å². The summed E-state index contributed by atoms with van der Waals surface area (Å²) in [7, 11) is 0. The number of aromatic nitrogens is 4. The number of nitrogen functional groups attached to an aromatic ring is 1. The smallest absolute Gasteiger partial charge is 0.224 e. The number of fused-ring (bicyclic) bond motifs is 1. The zero-order valence-corrected chi connectivity index (χ0v) is 12.6. The number of rotatable bonds is 5. The van der Waals surface area contributed by atoms with E-state index in [1.165, 1.54) is 0 Å². The molecule has 2 heterocycles. The number of nitrogens with zero attached hydrogens (tertiary/aromatic N) is 4. The molecule has 2 aliphatic carbocycles. The van der Waals surface area contributed by atoms with Gasteiger partial charge in [-0.3, -0.25) is 0 Å². The van der Waals surface area contributed by atoms with Crippen LogP contribution in [0.3, 0.4) is 0 Å². The second-order valence-corrected chi connectivity index (χ2v) is 6.27. The van der Waals surface area contributed by atoms with Crippen molar-refractivity contribution < 1.29 is 10.2 Å². The minimum atomic E-state index is -0.738. The van der Waals surface area contributed by atoms with Crippen LogP contribution < -0.4 is 11.1 Å². The Morgan fingerprint density at radius 3 is 2.91 bits per heavy atom. The molecule has 0 spiro atoms. The lowest BCUT2D eigenvalue weighted by Crippen LogP contribution is -2.22. The average molecular weight is 316 g/mol. The molecule has 0 amide bonds. The van der Waals surface area contributed by atoms with E-state index in [0.29, 0.717) is 29.4 Å². The van der Waals surface area contributed by atoms with E-state index in [-0.39, 0.29) is 24.5 Å². The Hall–Kier alpha value is -2.19. The van der Waals surface area contributed by atoms with E-state index in [1.54, 1.807) is 6.33 Å². The van der Waals surface area contributed by atoms with Gasteiger partial charge in [-0.2, -0.15) is 9.97 Å². The zero-order valence-electron chi connectivity index (χ0n) is 12.6. The third-order valence-corrected chi connectivity index (χ3v) is 4.49. The van der Waals surface area contributed by atoms with Gasteiger partial charge >= 0.3 is 0 Å². The van der Waals surface area contributed by atoms with E-state index in [2.05, 4.69) is 20.3 Å². The van der Waals surface area contributed by atoms with E-state index in [4.69, 9.17) is 10.8 Å². The Morgan fingerprint density at radius 1 is 1.35 bits per heavy atom. The number of hydrogen-bond donors (Lipinski definition) is 4. The number of nitrogens with one attached hydrogen (secondary N) is 1. The number of aliphatic hydroxyl groups is 2. The van der Waals surface area contributed by atoms with Crippen LogP contribution in [0.25, 0.3) is 11.2 Å². The van der Waals surface area contributed by atoms with Gasteiger partial charge in [-0.1, -0.05) is 12.2 Å². The topological polar surface area (TPSA) is 122 Å². The monoisotopic (exact) mass is 316 g/mol. The molecule has 0 radical (unpaired) electrons. The van der Waals surface area contributed by atoms with Crippen LogP contribution in [0, 0.1) is 5.92 Å². The van der Waals surface area contributed by atoms with Crippen molar-refractivity contribution >= 4 is 22.9 Å². The second-order valence-electron chi connectivity index (χ2n) is 6.27. The molecular weight excluding hydrogens is 296 g/mol. The fourth-order valence-electron chi connectivity index (χ4n) is 3.03. The number of allylic oxidation sites excluding steroid dienone is 1. The van der Waals surface area contributed by atoms with Crippen LogP contribution in [-0.2, 0) is 0 Å². The highest BCUT2D eigenvalue weighted by molar-refractivity contribution is 5.84. The summed E-state index contributed by atoms with van der Waals surface area (Å²) >= 11 is 0. The summed E-state index contributed by atoms with van der Waals surface area (Å²) in [4.78, 5) is 13.1. The first-order valence-electron chi connectivity index (χ1n) is 7.89. The quantitative estimate of drug-likeness (QED) is 0.591. The molecule has 0 aromatic carbocycles. The van der Waals surface area contributed by atoms with E-state index >= 15 is 0 Å². The Morgan fingerprint density at radius 2 is 2.17 bits per heavy atom. The highest BCUT2D eigenvalue weighted by Crippen LogP contribution is 2.34. The lowest BCUT2D eigenvalue weighted by molar-refractivity contribution is 0.0605. The fraction of sp³-hybridized carbons (Fsp3) is 0.533. The molecule has 5 N–H and O–H groups in total. The predicted octanol–water partition coefficient (Wildman–Crippen LogP) is 0.453. The molecule has 2 aromatic rings. The highest BCUT2D eigenvalue weighted by Gasteiger charge is 2.28. The summed E-state index contributed by atoms with van der Waals surface area (Å²) in [6.45, 7) is -0.239.